The number of hydrogen-bond acceptors (Lipinski definition) is 6. The minimum atomic E-state index is -0.653. The molecule has 30 heavy (non-hydrogen) atoms. The van der Waals surface area contributed by atoms with Crippen molar-refractivity contribution < 1.29 is 0 Å². The van der Waals surface area contributed by atoms with Crippen LogP contribution in [0.25, 0.3) is 16.7 Å². The van der Waals surface area contributed by atoms with Crippen molar-refractivity contribution >= 4 is 38.3 Å². The molecule has 4 aromatic heterocycles. The van der Waals surface area contributed by atoms with Gasteiger partial charge in [0, 0.05) is 23.7 Å². The van der Waals surface area contributed by atoms with Gasteiger partial charge in [0.15, 0.2) is 5.65 Å². The van der Waals surface area contributed by atoms with Crippen molar-refractivity contribution in [1.82, 2.24) is 29.1 Å². The number of anilines is 2. The zero-order valence-electron chi connectivity index (χ0n) is 17.6. The van der Waals surface area contributed by atoms with Crippen LogP contribution in [0.3, 0.4) is 0 Å². The second-order valence-corrected chi connectivity index (χ2v) is 12.9. The van der Waals surface area contributed by atoms with Gasteiger partial charge < -0.3 is 5.32 Å². The first kappa shape index (κ1) is 19.0. The zero-order chi connectivity index (χ0) is 21.0. The van der Waals surface area contributed by atoms with Crippen molar-refractivity contribution in [3.63, 3.8) is 0 Å². The van der Waals surface area contributed by atoms with E-state index in [0.717, 1.165) is 40.0 Å². The van der Waals surface area contributed by atoms with E-state index in [1.54, 1.807) is 10.6 Å². The van der Waals surface area contributed by atoms with E-state index in [0.29, 0.717) is 11.6 Å². The van der Waals surface area contributed by atoms with Crippen molar-refractivity contribution in [3.05, 3.63) is 52.3 Å². The van der Waals surface area contributed by atoms with Crippen LogP contribution in [0, 0.1) is 13.8 Å². The molecular weight excluding hydrogens is 398 g/mol. The number of fused-ring (bicyclic) bond motifs is 2. The lowest BCUT2D eigenvalue weighted by molar-refractivity contribution is 0.556. The van der Waals surface area contributed by atoms with Gasteiger partial charge in [-0.1, -0.05) is 0 Å². The summed E-state index contributed by atoms with van der Waals surface area (Å²) in [6.45, 7) is 3.94. The average molecular weight is 424 g/mol. The number of hydrogen-bond donors (Lipinski definition) is 1. The minimum Gasteiger partial charge on any atom is -0.323 e. The highest BCUT2D eigenvalue weighted by Gasteiger charge is 2.30. The van der Waals surface area contributed by atoms with Crippen LogP contribution in [-0.4, -0.2) is 53.2 Å². The SMILES string of the molecule is Cc1cc2ncnn2cc1Nc1ncc2c(C)cc(=O)n(C3CCS(C)(C)C3)c2n1. The minimum absolute atomic E-state index is 0.0203. The Morgan fingerprint density at radius 1 is 1.17 bits per heavy atom. The Kier molecular flexibility index (Phi) is 4.32. The molecule has 1 unspecified atom stereocenters. The molecule has 1 N–H and O–H groups in total. The lowest BCUT2D eigenvalue weighted by Crippen LogP contribution is -2.26. The Morgan fingerprint density at radius 3 is 2.77 bits per heavy atom. The number of nitrogens with zero attached hydrogens (tertiary/aromatic N) is 6. The molecule has 5 rings (SSSR count). The maximum Gasteiger partial charge on any atom is 0.252 e. The van der Waals surface area contributed by atoms with E-state index in [1.165, 1.54) is 12.1 Å². The molecule has 0 amide bonds. The largest absolute Gasteiger partial charge is 0.323 e. The Labute approximate surface area is 175 Å². The van der Waals surface area contributed by atoms with E-state index in [4.69, 9.17) is 4.98 Å². The smallest absolute Gasteiger partial charge is 0.252 e. The van der Waals surface area contributed by atoms with Gasteiger partial charge in [0.1, 0.15) is 12.0 Å². The molecule has 1 saturated heterocycles. The monoisotopic (exact) mass is 423 g/mol. The summed E-state index contributed by atoms with van der Waals surface area (Å²) in [6.07, 6.45) is 10.9. The van der Waals surface area contributed by atoms with Crippen LogP contribution in [0.4, 0.5) is 11.6 Å². The number of rotatable bonds is 3. The number of pyridine rings is 2. The van der Waals surface area contributed by atoms with Crippen LogP contribution in [0.15, 0.2) is 35.6 Å². The van der Waals surface area contributed by atoms with Gasteiger partial charge in [-0.05, 0) is 61.5 Å². The summed E-state index contributed by atoms with van der Waals surface area (Å²) < 4.78 is 3.60. The Hall–Kier alpha value is -2.94. The summed E-state index contributed by atoms with van der Waals surface area (Å²) in [4.78, 5) is 26.5. The highest BCUT2D eigenvalue weighted by molar-refractivity contribution is 8.32. The molecule has 0 saturated carbocycles. The highest BCUT2D eigenvalue weighted by atomic mass is 32.3. The van der Waals surface area contributed by atoms with E-state index in [1.807, 2.05) is 36.9 Å². The van der Waals surface area contributed by atoms with Crippen LogP contribution < -0.4 is 10.9 Å². The first-order valence-corrected chi connectivity index (χ1v) is 12.7. The third-order valence-electron chi connectivity index (χ3n) is 5.88. The fraction of sp³-hybridized carbons (Fsp3) is 0.381. The number of aryl methyl sites for hydroxylation is 2. The lowest BCUT2D eigenvalue weighted by Gasteiger charge is -2.25. The summed E-state index contributed by atoms with van der Waals surface area (Å²) in [6, 6.07) is 3.86. The standard InChI is InChI=1S/C21H25N7OS/c1-13-8-19(29)28(15-5-6-30(3,4)11-15)20-16(13)9-22-21(26-20)25-17-10-27-18(7-14(17)2)23-12-24-27/h7-10,12,15H,5-6,11H2,1-4H3,(H,22,25,26). The first-order valence-electron chi connectivity index (χ1n) is 9.95. The van der Waals surface area contributed by atoms with Gasteiger partial charge in [-0.3, -0.25) is 9.36 Å². The highest BCUT2D eigenvalue weighted by Crippen LogP contribution is 2.51. The van der Waals surface area contributed by atoms with Gasteiger partial charge in [-0.2, -0.15) is 10.1 Å². The Balaban J connectivity index is 1.61. The van der Waals surface area contributed by atoms with E-state index in [9.17, 15) is 4.79 Å². The maximum atomic E-state index is 13.0. The second kappa shape index (κ2) is 6.80. The molecular formula is C21H25N7OS. The van der Waals surface area contributed by atoms with Gasteiger partial charge >= 0.3 is 0 Å². The fourth-order valence-corrected chi connectivity index (χ4v) is 6.67. The number of nitrogens with one attached hydrogen (secondary N) is 1. The molecule has 9 heteroatoms. The zero-order valence-corrected chi connectivity index (χ0v) is 18.4. The van der Waals surface area contributed by atoms with E-state index in [2.05, 4.69) is 32.9 Å². The molecule has 0 aliphatic carbocycles. The third kappa shape index (κ3) is 3.23. The molecule has 8 nitrogen and oxygen atoms in total. The molecule has 1 fully saturated rings. The first-order chi connectivity index (χ1) is 14.3. The van der Waals surface area contributed by atoms with Gasteiger partial charge in [0.2, 0.25) is 5.95 Å². The summed E-state index contributed by atoms with van der Waals surface area (Å²) in [5.74, 6) is 2.71. The molecule has 1 aliphatic heterocycles. The molecule has 0 radical (unpaired) electrons. The predicted molar refractivity (Wildman–Crippen MR) is 122 cm³/mol. The van der Waals surface area contributed by atoms with Crippen molar-refractivity contribution in [2.24, 2.45) is 0 Å². The average Bonchev–Trinajstić information content (AvgIpc) is 3.27. The molecule has 0 aromatic carbocycles. The summed E-state index contributed by atoms with van der Waals surface area (Å²) in [7, 11) is -0.653. The van der Waals surface area contributed by atoms with Crippen LogP contribution >= 0.6 is 10.0 Å². The molecule has 5 heterocycles. The topological polar surface area (TPSA) is 90.0 Å². The summed E-state index contributed by atoms with van der Waals surface area (Å²) >= 11 is 0. The molecule has 156 valence electrons. The maximum absolute atomic E-state index is 13.0. The molecule has 1 aliphatic rings. The van der Waals surface area contributed by atoms with Gasteiger partial charge in [-0.15, -0.1) is 0 Å². The quantitative estimate of drug-likeness (QED) is 0.544. The predicted octanol–water partition coefficient (Wildman–Crippen LogP) is 3.20. The van der Waals surface area contributed by atoms with Gasteiger partial charge in [0.25, 0.3) is 5.56 Å². The molecule has 1 atom stereocenters. The van der Waals surface area contributed by atoms with E-state index < -0.39 is 10.0 Å². The van der Waals surface area contributed by atoms with Crippen LogP contribution in [0.1, 0.15) is 23.6 Å². The van der Waals surface area contributed by atoms with Crippen LogP contribution in [0.2, 0.25) is 0 Å². The lowest BCUT2D eigenvalue weighted by atomic mass is 10.1. The van der Waals surface area contributed by atoms with Gasteiger partial charge in [-0.25, -0.2) is 24.5 Å². The second-order valence-electron chi connectivity index (χ2n) is 8.60. The number of aromatic nitrogens is 6. The van der Waals surface area contributed by atoms with Crippen LogP contribution in [0.5, 0.6) is 0 Å². The van der Waals surface area contributed by atoms with Gasteiger partial charge in [0.05, 0.1) is 11.9 Å². The molecule has 0 spiro atoms. The normalized spacial score (nSPS) is 19.4. The van der Waals surface area contributed by atoms with Crippen molar-refractivity contribution in [3.8, 4) is 0 Å². The summed E-state index contributed by atoms with van der Waals surface area (Å²) in [5.41, 5.74) is 4.28. The third-order valence-corrected chi connectivity index (χ3v) is 8.51. The van der Waals surface area contributed by atoms with Crippen molar-refractivity contribution in [2.75, 3.05) is 29.3 Å². The molecule has 4 aromatic rings. The van der Waals surface area contributed by atoms with E-state index >= 15 is 0 Å². The van der Waals surface area contributed by atoms with Crippen molar-refractivity contribution in [1.29, 1.82) is 0 Å². The molecule has 0 bridgehead atoms. The summed E-state index contributed by atoms with van der Waals surface area (Å²) in [5, 5.41) is 8.41. The Bertz CT molecular complexity index is 1340. The fourth-order valence-electron chi connectivity index (χ4n) is 4.24. The van der Waals surface area contributed by atoms with E-state index in [-0.39, 0.29) is 11.6 Å². The van der Waals surface area contributed by atoms with Crippen molar-refractivity contribution in [2.45, 2.75) is 26.3 Å². The van der Waals surface area contributed by atoms with Crippen LogP contribution in [-0.2, 0) is 0 Å². The Morgan fingerprint density at radius 2 is 2.00 bits per heavy atom.